The molecule has 0 aliphatic carbocycles. The van der Waals surface area contributed by atoms with Crippen molar-refractivity contribution in [3.8, 4) is 0 Å². The molecule has 0 unspecified atom stereocenters. The van der Waals surface area contributed by atoms with E-state index in [1.807, 2.05) is 4.90 Å². The SMILES string of the molecule is CCOC(=O)[C@@H]1CCCN(CC(=O)NN2C(=O)N[C@@](C)(CC)C2=O)C1. The lowest BCUT2D eigenvalue weighted by atomic mass is 9.98. The number of hydrogen-bond acceptors (Lipinski definition) is 6. The molecule has 2 fully saturated rings. The minimum atomic E-state index is -0.996. The number of amides is 4. The molecule has 0 saturated carbocycles. The molecule has 25 heavy (non-hydrogen) atoms. The largest absolute Gasteiger partial charge is 0.466 e. The Labute approximate surface area is 147 Å². The molecule has 2 rings (SSSR count). The zero-order valence-corrected chi connectivity index (χ0v) is 15.0. The summed E-state index contributed by atoms with van der Waals surface area (Å²) in [7, 11) is 0. The summed E-state index contributed by atoms with van der Waals surface area (Å²) in [6.07, 6.45) is 1.95. The van der Waals surface area contributed by atoms with Crippen LogP contribution < -0.4 is 10.7 Å². The third-order valence-corrected chi connectivity index (χ3v) is 4.70. The number of esters is 1. The summed E-state index contributed by atoms with van der Waals surface area (Å²) in [4.78, 5) is 50.1. The highest BCUT2D eigenvalue weighted by Gasteiger charge is 2.47. The molecule has 2 aliphatic rings. The van der Waals surface area contributed by atoms with Crippen molar-refractivity contribution in [3.63, 3.8) is 0 Å². The summed E-state index contributed by atoms with van der Waals surface area (Å²) >= 11 is 0. The molecule has 0 bridgehead atoms. The molecule has 0 aromatic carbocycles. The van der Waals surface area contributed by atoms with E-state index >= 15 is 0 Å². The maximum absolute atomic E-state index is 12.3. The van der Waals surface area contributed by atoms with Crippen molar-refractivity contribution in [1.29, 1.82) is 0 Å². The summed E-state index contributed by atoms with van der Waals surface area (Å²) in [6, 6.07) is -0.634. The first-order valence-corrected chi connectivity index (χ1v) is 8.66. The van der Waals surface area contributed by atoms with Crippen LogP contribution in [0.1, 0.15) is 40.0 Å². The summed E-state index contributed by atoms with van der Waals surface area (Å²) in [6.45, 7) is 6.61. The van der Waals surface area contributed by atoms with Gasteiger partial charge >= 0.3 is 12.0 Å². The summed E-state index contributed by atoms with van der Waals surface area (Å²) < 4.78 is 5.03. The lowest BCUT2D eigenvalue weighted by Crippen LogP contribution is -2.52. The van der Waals surface area contributed by atoms with Crippen molar-refractivity contribution in [2.75, 3.05) is 26.2 Å². The maximum Gasteiger partial charge on any atom is 0.344 e. The van der Waals surface area contributed by atoms with E-state index in [9.17, 15) is 19.2 Å². The normalized spacial score (nSPS) is 27.2. The average Bonchev–Trinajstić information content (AvgIpc) is 2.79. The Balaban J connectivity index is 1.89. The van der Waals surface area contributed by atoms with E-state index in [1.165, 1.54) is 0 Å². The van der Waals surface area contributed by atoms with Gasteiger partial charge in [-0.15, -0.1) is 0 Å². The number of piperidine rings is 1. The number of carbonyl (C=O) groups is 4. The minimum absolute atomic E-state index is 0.00973. The van der Waals surface area contributed by atoms with Gasteiger partial charge in [0.25, 0.3) is 11.8 Å². The first kappa shape index (κ1) is 19.2. The molecular weight excluding hydrogens is 328 g/mol. The molecule has 2 saturated heterocycles. The van der Waals surface area contributed by atoms with Gasteiger partial charge in [-0.1, -0.05) is 6.92 Å². The number of hydrazine groups is 1. The molecule has 4 amide bonds. The third-order valence-electron chi connectivity index (χ3n) is 4.70. The summed E-state index contributed by atoms with van der Waals surface area (Å²) in [5.74, 6) is -1.44. The number of rotatable bonds is 6. The highest BCUT2D eigenvalue weighted by molar-refractivity contribution is 6.07. The van der Waals surface area contributed by atoms with Crippen molar-refractivity contribution in [1.82, 2.24) is 20.7 Å². The van der Waals surface area contributed by atoms with Crippen LogP contribution in [-0.4, -0.2) is 65.5 Å². The molecular formula is C16H26N4O5. The van der Waals surface area contributed by atoms with Gasteiger partial charge in [-0.25, -0.2) is 4.79 Å². The Kier molecular flexibility index (Phi) is 5.99. The lowest BCUT2D eigenvalue weighted by molar-refractivity contribution is -0.150. The van der Waals surface area contributed by atoms with Gasteiger partial charge in [-0.3, -0.25) is 24.7 Å². The lowest BCUT2D eigenvalue weighted by Gasteiger charge is -2.31. The zero-order chi connectivity index (χ0) is 18.6. The Bertz CT molecular complexity index is 567. The van der Waals surface area contributed by atoms with Crippen LogP contribution in [0.15, 0.2) is 0 Å². The van der Waals surface area contributed by atoms with Gasteiger partial charge in [0.05, 0.1) is 19.1 Å². The number of carbonyl (C=O) groups excluding carboxylic acids is 4. The van der Waals surface area contributed by atoms with Crippen LogP contribution in [0.25, 0.3) is 0 Å². The van der Waals surface area contributed by atoms with Crippen molar-refractivity contribution < 1.29 is 23.9 Å². The van der Waals surface area contributed by atoms with Crippen molar-refractivity contribution >= 4 is 23.8 Å². The van der Waals surface area contributed by atoms with E-state index < -0.39 is 23.4 Å². The molecule has 9 heteroatoms. The average molecular weight is 354 g/mol. The van der Waals surface area contributed by atoms with E-state index in [0.717, 1.165) is 17.9 Å². The van der Waals surface area contributed by atoms with Gasteiger partial charge in [0.2, 0.25) is 0 Å². The van der Waals surface area contributed by atoms with Crippen LogP contribution in [0.3, 0.4) is 0 Å². The molecule has 0 aromatic heterocycles. The van der Waals surface area contributed by atoms with Crippen LogP contribution in [0, 0.1) is 5.92 Å². The van der Waals surface area contributed by atoms with Crippen LogP contribution in [0.5, 0.6) is 0 Å². The van der Waals surface area contributed by atoms with Gasteiger partial charge in [-0.2, -0.15) is 5.01 Å². The van der Waals surface area contributed by atoms with E-state index in [2.05, 4.69) is 10.7 Å². The Morgan fingerprint density at radius 3 is 2.68 bits per heavy atom. The van der Waals surface area contributed by atoms with Crippen LogP contribution in [0.4, 0.5) is 4.79 Å². The monoisotopic (exact) mass is 354 g/mol. The van der Waals surface area contributed by atoms with Gasteiger partial charge < -0.3 is 10.1 Å². The third kappa shape index (κ3) is 4.28. The van der Waals surface area contributed by atoms with Crippen LogP contribution in [-0.2, 0) is 19.1 Å². The Morgan fingerprint density at radius 1 is 1.36 bits per heavy atom. The molecule has 2 N–H and O–H groups in total. The molecule has 9 nitrogen and oxygen atoms in total. The van der Waals surface area contributed by atoms with Gasteiger partial charge in [0.1, 0.15) is 5.54 Å². The second-order valence-corrected chi connectivity index (χ2v) is 6.62. The van der Waals surface area contributed by atoms with E-state index in [0.29, 0.717) is 26.1 Å². The summed E-state index contributed by atoms with van der Waals surface area (Å²) in [5, 5.41) is 3.31. The number of nitrogens with one attached hydrogen (secondary N) is 2. The number of nitrogens with zero attached hydrogens (tertiary/aromatic N) is 2. The molecule has 0 spiro atoms. The van der Waals surface area contributed by atoms with Crippen molar-refractivity contribution in [2.24, 2.45) is 5.92 Å². The van der Waals surface area contributed by atoms with E-state index in [-0.39, 0.29) is 18.4 Å². The summed E-state index contributed by atoms with van der Waals surface area (Å²) in [5.41, 5.74) is 1.36. The first-order valence-electron chi connectivity index (χ1n) is 8.66. The zero-order valence-electron chi connectivity index (χ0n) is 15.0. The second kappa shape index (κ2) is 7.81. The van der Waals surface area contributed by atoms with E-state index in [4.69, 9.17) is 4.74 Å². The van der Waals surface area contributed by atoms with Gasteiger partial charge in [-0.05, 0) is 39.7 Å². The minimum Gasteiger partial charge on any atom is -0.466 e. The smallest absolute Gasteiger partial charge is 0.344 e. The predicted molar refractivity (Wildman–Crippen MR) is 88.0 cm³/mol. The highest BCUT2D eigenvalue weighted by atomic mass is 16.5. The molecule has 2 heterocycles. The number of ether oxygens (including phenoxy) is 1. The first-order chi connectivity index (χ1) is 11.8. The number of imide groups is 1. The van der Waals surface area contributed by atoms with Crippen LogP contribution in [0.2, 0.25) is 0 Å². The van der Waals surface area contributed by atoms with Crippen LogP contribution >= 0.6 is 0 Å². The fourth-order valence-corrected chi connectivity index (χ4v) is 3.04. The van der Waals surface area contributed by atoms with Gasteiger partial charge in [0.15, 0.2) is 0 Å². The number of urea groups is 1. The van der Waals surface area contributed by atoms with E-state index in [1.54, 1.807) is 20.8 Å². The van der Waals surface area contributed by atoms with Crippen molar-refractivity contribution in [2.45, 2.75) is 45.6 Å². The molecule has 140 valence electrons. The second-order valence-electron chi connectivity index (χ2n) is 6.62. The molecule has 2 atom stereocenters. The number of hydrogen-bond donors (Lipinski definition) is 2. The fourth-order valence-electron chi connectivity index (χ4n) is 3.04. The van der Waals surface area contributed by atoms with Gasteiger partial charge in [0, 0.05) is 6.54 Å². The Morgan fingerprint density at radius 2 is 2.08 bits per heavy atom. The predicted octanol–water partition coefficient (Wildman–Crippen LogP) is 0.0132. The Hall–Kier alpha value is -2.16. The molecule has 0 aromatic rings. The standard InChI is InChI=1S/C16H26N4O5/c1-4-16(3)14(23)20(15(24)17-16)18-12(21)10-19-8-6-7-11(9-19)13(22)25-5-2/h11H,4-10H2,1-3H3,(H,17,24)(H,18,21)/t11-,16+/m1/s1. The highest BCUT2D eigenvalue weighted by Crippen LogP contribution is 2.20. The topological polar surface area (TPSA) is 108 Å². The maximum atomic E-state index is 12.3. The quantitative estimate of drug-likeness (QED) is 0.514. The number of likely N-dealkylation sites (tertiary alicyclic amines) is 1. The fraction of sp³-hybridized carbons (Fsp3) is 0.750. The molecule has 2 aliphatic heterocycles. The molecule has 0 radical (unpaired) electrons. The van der Waals surface area contributed by atoms with Crippen molar-refractivity contribution in [3.05, 3.63) is 0 Å².